The summed E-state index contributed by atoms with van der Waals surface area (Å²) >= 11 is 1.96. The van der Waals surface area contributed by atoms with Crippen LogP contribution in [0.4, 0.5) is 4.79 Å². The fourth-order valence-corrected chi connectivity index (χ4v) is 5.28. The van der Waals surface area contributed by atoms with Gasteiger partial charge in [0.05, 0.1) is 7.11 Å². The molecule has 3 atom stereocenters. The largest absolute Gasteiger partial charge is 0.507 e. The van der Waals surface area contributed by atoms with E-state index in [9.17, 15) is 19.5 Å². The highest BCUT2D eigenvalue weighted by Gasteiger charge is 2.21. The van der Waals surface area contributed by atoms with Crippen molar-refractivity contribution in [1.82, 2.24) is 5.32 Å². The van der Waals surface area contributed by atoms with E-state index in [1.807, 2.05) is 39.0 Å². The Morgan fingerprint density at radius 1 is 1.07 bits per heavy atom. The highest BCUT2D eigenvalue weighted by atomic mass is 32.1. The molecule has 3 unspecified atom stereocenters. The van der Waals surface area contributed by atoms with Gasteiger partial charge in [-0.1, -0.05) is 79.7 Å². The van der Waals surface area contributed by atoms with Gasteiger partial charge in [-0.25, -0.2) is 4.79 Å². The fraction of sp³-hybridized carbons (Fsp3) is 0.629. The van der Waals surface area contributed by atoms with Crippen LogP contribution >= 0.6 is 11.3 Å². The lowest BCUT2D eigenvalue weighted by molar-refractivity contribution is -0.125. The second kappa shape index (κ2) is 23.6. The molecular weight excluding hydrogens is 562 g/mol. The number of alkyl carbamates (subject to hydrolysis) is 1. The van der Waals surface area contributed by atoms with Crippen LogP contribution in [-0.4, -0.2) is 30.6 Å². The zero-order valence-corrected chi connectivity index (χ0v) is 28.9. The number of carbonyl (C=O) groups excluding carboxylic acids is 3. The number of rotatable bonds is 19. The normalized spacial score (nSPS) is 14.3. The van der Waals surface area contributed by atoms with E-state index >= 15 is 0 Å². The molecule has 0 radical (unpaired) electrons. The zero-order chi connectivity index (χ0) is 32.8. The van der Waals surface area contributed by atoms with Crippen LogP contribution in [0.2, 0.25) is 0 Å². The van der Waals surface area contributed by atoms with Crippen molar-refractivity contribution in [1.29, 1.82) is 0 Å². The molecule has 0 aliphatic heterocycles. The molecule has 244 valence electrons. The van der Waals surface area contributed by atoms with Crippen molar-refractivity contribution in [2.75, 3.05) is 7.11 Å². The Kier molecular flexibility index (Phi) is 22.0. The number of aryl methyl sites for hydroxylation is 2. The third kappa shape index (κ3) is 17.7. The summed E-state index contributed by atoms with van der Waals surface area (Å²) in [6.07, 6.45) is 14.8. The van der Waals surface area contributed by atoms with Gasteiger partial charge >= 0.3 is 6.09 Å². The second-order valence-corrected chi connectivity index (χ2v) is 12.9. The monoisotopic (exact) mass is 619 g/mol. The molecule has 0 bridgehead atoms. The lowest BCUT2D eigenvalue weighted by Gasteiger charge is -2.16. The average molecular weight is 620 g/mol. The van der Waals surface area contributed by atoms with Crippen LogP contribution in [0.25, 0.3) is 0 Å². The molecule has 2 N–H and O–H groups in total. The number of carbonyl (C=O) groups is 3. The summed E-state index contributed by atoms with van der Waals surface area (Å²) in [5.74, 6) is 0.626. The van der Waals surface area contributed by atoms with Crippen molar-refractivity contribution in [3.63, 3.8) is 0 Å². The Morgan fingerprint density at radius 2 is 1.74 bits per heavy atom. The van der Waals surface area contributed by atoms with Crippen LogP contribution in [0.3, 0.4) is 0 Å². The maximum Gasteiger partial charge on any atom is 0.410 e. The Bertz CT molecular complexity index is 1040. The van der Waals surface area contributed by atoms with Crippen molar-refractivity contribution >= 4 is 29.7 Å². The van der Waals surface area contributed by atoms with Crippen LogP contribution < -0.4 is 5.32 Å². The Balaban J connectivity index is 0.000000931. The standard InChI is InChI=1S/C20H31NO6.C15H26S/c1-13(2)15(4)19(24)16(5)17(23)11-18(27-12-22)14(3)9-7-8-10-21-20(25)26-6;1-4-6-8-14(5-2)9-7-10-15-12-11-13(3)16-15/h8,10-15,23H,7,9H2,1-6H3,(H,21,25);11-12,14H,4-10H2,1-3H3/b10-8+,17-16-,18-11-;. The van der Waals surface area contributed by atoms with E-state index in [1.165, 1.54) is 69.2 Å². The Labute approximate surface area is 264 Å². The van der Waals surface area contributed by atoms with Gasteiger partial charge in [0, 0.05) is 39.4 Å². The van der Waals surface area contributed by atoms with Crippen molar-refractivity contribution in [2.24, 2.45) is 23.7 Å². The minimum absolute atomic E-state index is 0.145. The molecule has 0 fully saturated rings. The van der Waals surface area contributed by atoms with Crippen molar-refractivity contribution in [3.8, 4) is 0 Å². The van der Waals surface area contributed by atoms with Gasteiger partial charge in [0.15, 0.2) is 5.78 Å². The molecule has 0 saturated heterocycles. The number of ketones is 1. The van der Waals surface area contributed by atoms with Crippen molar-refractivity contribution < 1.29 is 29.0 Å². The number of methoxy groups -OCH3 is 1. The SMILES string of the molecule is CCCCC(CC)CCCc1ccc(C)s1.COC(=O)N/C=C/CCC(C)/C(=C/C(O)=C(\C)C(=O)C(C)C(C)C)OC=O. The number of thiophene rings is 1. The molecule has 0 aliphatic rings. The van der Waals surface area contributed by atoms with Gasteiger partial charge < -0.3 is 14.6 Å². The quantitative estimate of drug-likeness (QED) is 0.0692. The molecule has 1 rings (SSSR count). The van der Waals surface area contributed by atoms with Crippen molar-refractivity contribution in [2.45, 2.75) is 113 Å². The van der Waals surface area contributed by atoms with E-state index < -0.39 is 6.09 Å². The van der Waals surface area contributed by atoms with E-state index in [0.29, 0.717) is 12.8 Å². The number of ether oxygens (including phenoxy) is 2. The summed E-state index contributed by atoms with van der Waals surface area (Å²) < 4.78 is 9.42. The summed E-state index contributed by atoms with van der Waals surface area (Å²) in [6, 6.07) is 4.54. The molecule has 0 aromatic carbocycles. The zero-order valence-electron chi connectivity index (χ0n) is 28.0. The van der Waals surface area contributed by atoms with E-state index in [1.54, 1.807) is 17.9 Å². The maximum atomic E-state index is 12.3. The second-order valence-electron chi connectivity index (χ2n) is 11.5. The molecular formula is C35H57NO6S. The fourth-order valence-electron chi connectivity index (χ4n) is 4.35. The number of hydrogen-bond donors (Lipinski definition) is 2. The molecule has 1 aromatic rings. The van der Waals surface area contributed by atoms with E-state index in [4.69, 9.17) is 4.74 Å². The molecule has 0 saturated carbocycles. The number of Topliss-reactive ketones (excluding diaryl/α,β-unsaturated/α-hetero) is 1. The van der Waals surface area contributed by atoms with Gasteiger partial charge in [-0.05, 0) is 63.5 Å². The number of aliphatic hydroxyl groups is 1. The summed E-state index contributed by atoms with van der Waals surface area (Å²) in [6.45, 7) is 16.2. The number of allylic oxidation sites excluding steroid dienone is 4. The van der Waals surface area contributed by atoms with Gasteiger partial charge in [0.2, 0.25) is 0 Å². The highest BCUT2D eigenvalue weighted by Crippen LogP contribution is 2.24. The Morgan fingerprint density at radius 3 is 2.28 bits per heavy atom. The summed E-state index contributed by atoms with van der Waals surface area (Å²) in [5, 5.41) is 12.7. The van der Waals surface area contributed by atoms with Crippen molar-refractivity contribution in [3.05, 3.63) is 57.3 Å². The molecule has 7 nitrogen and oxygen atoms in total. The van der Waals surface area contributed by atoms with Crippen LogP contribution in [0.5, 0.6) is 0 Å². The van der Waals surface area contributed by atoms with E-state index in [0.717, 1.165) is 5.92 Å². The first-order valence-corrected chi connectivity index (χ1v) is 16.5. The van der Waals surface area contributed by atoms with Crippen LogP contribution in [0.1, 0.15) is 110 Å². The molecule has 1 amide bonds. The number of nitrogens with one attached hydrogen (secondary N) is 1. The Hall–Kier alpha value is -2.87. The number of unbranched alkanes of at least 4 members (excludes halogenated alkanes) is 1. The first kappa shape index (κ1) is 40.1. The summed E-state index contributed by atoms with van der Waals surface area (Å²) in [5.41, 5.74) is 0.234. The first-order chi connectivity index (χ1) is 20.4. The topological polar surface area (TPSA) is 102 Å². The summed E-state index contributed by atoms with van der Waals surface area (Å²) in [4.78, 5) is 37.1. The van der Waals surface area contributed by atoms with Gasteiger partial charge in [0.1, 0.15) is 11.5 Å². The molecule has 1 aromatic heterocycles. The third-order valence-electron chi connectivity index (χ3n) is 7.76. The maximum absolute atomic E-state index is 12.3. The third-order valence-corrected chi connectivity index (χ3v) is 8.82. The first-order valence-electron chi connectivity index (χ1n) is 15.7. The number of hydrogen-bond acceptors (Lipinski definition) is 7. The lowest BCUT2D eigenvalue weighted by Crippen LogP contribution is -2.18. The van der Waals surface area contributed by atoms with E-state index in [2.05, 4.69) is 43.0 Å². The van der Waals surface area contributed by atoms with Crippen LogP contribution in [-0.2, 0) is 25.5 Å². The van der Waals surface area contributed by atoms with Gasteiger partial charge in [-0.15, -0.1) is 11.3 Å². The molecule has 0 spiro atoms. The minimum atomic E-state index is -0.560. The smallest absolute Gasteiger partial charge is 0.410 e. The number of amides is 1. The van der Waals surface area contributed by atoms with Gasteiger partial charge in [0.25, 0.3) is 6.47 Å². The molecule has 1 heterocycles. The number of aliphatic hydroxyl groups excluding tert-OH is 1. The van der Waals surface area contributed by atoms with Crippen LogP contribution in [0, 0.1) is 30.6 Å². The average Bonchev–Trinajstić information content (AvgIpc) is 3.41. The lowest BCUT2D eigenvalue weighted by atomic mass is 9.89. The molecule has 0 aliphatic carbocycles. The molecule has 8 heteroatoms. The van der Waals surface area contributed by atoms with E-state index in [-0.39, 0.29) is 47.1 Å². The summed E-state index contributed by atoms with van der Waals surface area (Å²) in [7, 11) is 1.27. The predicted molar refractivity (Wildman–Crippen MR) is 178 cm³/mol. The molecule has 43 heavy (non-hydrogen) atoms. The highest BCUT2D eigenvalue weighted by molar-refractivity contribution is 7.11. The minimum Gasteiger partial charge on any atom is -0.507 e. The predicted octanol–water partition coefficient (Wildman–Crippen LogP) is 9.62. The van der Waals surface area contributed by atoms with Gasteiger partial charge in [-0.2, -0.15) is 0 Å². The van der Waals surface area contributed by atoms with Crippen LogP contribution in [0.15, 0.2) is 47.6 Å². The van der Waals surface area contributed by atoms with Gasteiger partial charge in [-0.3, -0.25) is 14.9 Å².